The van der Waals surface area contributed by atoms with Crippen molar-refractivity contribution in [1.29, 1.82) is 0 Å². The number of carbonyl (C=O) groups is 2. The molecule has 7 nitrogen and oxygen atoms in total. The molecule has 150 valence electrons. The number of nitro groups is 1. The van der Waals surface area contributed by atoms with E-state index in [2.05, 4.69) is 15.9 Å². The first-order chi connectivity index (χ1) is 14.3. The van der Waals surface area contributed by atoms with Crippen LogP contribution in [0.5, 0.6) is 5.75 Å². The Balaban J connectivity index is 1.63. The summed E-state index contributed by atoms with van der Waals surface area (Å²) in [6.45, 7) is 0.109. The molecule has 1 heterocycles. The fraction of sp³-hybridized carbons (Fsp3) is 0.0476. The number of imide groups is 1. The van der Waals surface area contributed by atoms with Crippen LogP contribution < -0.4 is 0 Å². The van der Waals surface area contributed by atoms with Crippen molar-refractivity contribution in [1.82, 2.24) is 4.90 Å². The van der Waals surface area contributed by atoms with E-state index in [1.54, 1.807) is 0 Å². The third-order valence-electron chi connectivity index (χ3n) is 4.60. The van der Waals surface area contributed by atoms with Gasteiger partial charge in [0.25, 0.3) is 11.1 Å². The molecule has 2 amide bonds. The molecule has 1 aliphatic rings. The second-order valence-electron chi connectivity index (χ2n) is 6.57. The van der Waals surface area contributed by atoms with Crippen LogP contribution in [-0.2, 0) is 11.3 Å². The number of carbonyl (C=O) groups excluding carboxylic acids is 2. The minimum atomic E-state index is -0.719. The number of nitro benzene ring substituents is 1. The average Bonchev–Trinajstić information content (AvgIpc) is 2.97. The van der Waals surface area contributed by atoms with Gasteiger partial charge in [0, 0.05) is 16.1 Å². The summed E-state index contributed by atoms with van der Waals surface area (Å²) in [5.41, 5.74) is 0.386. The molecule has 1 aliphatic heterocycles. The quantitative estimate of drug-likeness (QED) is 0.300. The Bertz CT molecular complexity index is 1260. The molecule has 0 spiro atoms. The van der Waals surface area contributed by atoms with Crippen molar-refractivity contribution in [2.45, 2.75) is 6.54 Å². The molecule has 0 unspecified atom stereocenters. The van der Waals surface area contributed by atoms with Crippen molar-refractivity contribution >= 4 is 61.4 Å². The van der Waals surface area contributed by atoms with Crippen LogP contribution in [0.4, 0.5) is 10.5 Å². The summed E-state index contributed by atoms with van der Waals surface area (Å²) in [6.07, 6.45) is 1.29. The largest absolute Gasteiger partial charge is 0.502 e. The number of thioether (sulfide) groups is 1. The van der Waals surface area contributed by atoms with Crippen LogP contribution in [0.1, 0.15) is 11.1 Å². The van der Waals surface area contributed by atoms with Crippen LogP contribution in [0, 0.1) is 10.1 Å². The normalized spacial score (nSPS) is 15.4. The molecule has 0 bridgehead atoms. The van der Waals surface area contributed by atoms with Crippen LogP contribution in [-0.4, -0.2) is 26.1 Å². The molecule has 0 aliphatic carbocycles. The molecule has 30 heavy (non-hydrogen) atoms. The second-order valence-corrected chi connectivity index (χ2v) is 8.48. The Hall–Kier alpha value is -3.17. The van der Waals surface area contributed by atoms with Crippen LogP contribution in [0.15, 0.2) is 64.0 Å². The van der Waals surface area contributed by atoms with E-state index in [-0.39, 0.29) is 17.0 Å². The summed E-state index contributed by atoms with van der Waals surface area (Å²) in [6, 6.07) is 16.1. The summed E-state index contributed by atoms with van der Waals surface area (Å²) in [5, 5.41) is 22.9. The Morgan fingerprint density at radius 2 is 1.83 bits per heavy atom. The summed E-state index contributed by atoms with van der Waals surface area (Å²) >= 11 is 3.88. The number of hydrogen-bond acceptors (Lipinski definition) is 6. The smallest absolute Gasteiger partial charge is 0.312 e. The second kappa shape index (κ2) is 7.92. The van der Waals surface area contributed by atoms with E-state index in [9.17, 15) is 24.8 Å². The van der Waals surface area contributed by atoms with Gasteiger partial charge in [0.15, 0.2) is 0 Å². The highest BCUT2D eigenvalue weighted by Gasteiger charge is 2.35. The summed E-state index contributed by atoms with van der Waals surface area (Å²) in [5.74, 6) is -1.08. The van der Waals surface area contributed by atoms with Gasteiger partial charge in [-0.25, -0.2) is 0 Å². The third kappa shape index (κ3) is 3.81. The predicted molar refractivity (Wildman–Crippen MR) is 118 cm³/mol. The van der Waals surface area contributed by atoms with Gasteiger partial charge in [0.1, 0.15) is 0 Å². The SMILES string of the molecule is O=C1S/C(=C\c2cc(Br)cc([N+](=O)[O-])c2O)C(=O)N1Cc1ccc2ccccc2c1. The van der Waals surface area contributed by atoms with E-state index in [0.717, 1.165) is 39.1 Å². The van der Waals surface area contributed by atoms with Gasteiger partial charge in [-0.1, -0.05) is 52.3 Å². The Labute approximate surface area is 183 Å². The first kappa shape index (κ1) is 20.1. The maximum atomic E-state index is 12.8. The zero-order valence-corrected chi connectivity index (χ0v) is 17.6. The minimum Gasteiger partial charge on any atom is -0.502 e. The van der Waals surface area contributed by atoms with Crippen molar-refractivity contribution in [2.75, 3.05) is 0 Å². The van der Waals surface area contributed by atoms with E-state index >= 15 is 0 Å². The van der Waals surface area contributed by atoms with E-state index in [1.807, 2.05) is 42.5 Å². The number of halogens is 1. The van der Waals surface area contributed by atoms with E-state index < -0.39 is 27.5 Å². The standard InChI is InChI=1S/C21H13BrN2O5S/c22-16-8-15(19(25)17(10-16)24(28)29)9-18-20(26)23(21(27)30-18)11-12-5-6-13-3-1-2-4-14(13)7-12/h1-10,25H,11H2/b18-9-. The zero-order chi connectivity index (χ0) is 21.4. The number of phenols is 1. The first-order valence-corrected chi connectivity index (χ1v) is 10.3. The number of benzene rings is 3. The third-order valence-corrected chi connectivity index (χ3v) is 5.96. The Morgan fingerprint density at radius 3 is 2.57 bits per heavy atom. The fourth-order valence-corrected chi connectivity index (χ4v) is 4.44. The van der Waals surface area contributed by atoms with Gasteiger partial charge in [-0.05, 0) is 46.3 Å². The molecule has 0 saturated carbocycles. The molecule has 0 aromatic heterocycles. The van der Waals surface area contributed by atoms with Crippen molar-refractivity contribution in [3.8, 4) is 5.75 Å². The molecule has 1 N–H and O–H groups in total. The highest BCUT2D eigenvalue weighted by molar-refractivity contribution is 9.10. The maximum absolute atomic E-state index is 12.8. The summed E-state index contributed by atoms with van der Waals surface area (Å²) < 4.78 is 0.369. The minimum absolute atomic E-state index is 0.0762. The fourth-order valence-electron chi connectivity index (χ4n) is 3.15. The van der Waals surface area contributed by atoms with Gasteiger partial charge >= 0.3 is 5.69 Å². The lowest BCUT2D eigenvalue weighted by Crippen LogP contribution is -2.27. The highest BCUT2D eigenvalue weighted by atomic mass is 79.9. The molecular formula is C21H13BrN2O5S. The van der Waals surface area contributed by atoms with Crippen molar-refractivity contribution in [2.24, 2.45) is 0 Å². The number of phenolic OH excluding ortho intramolecular Hbond substituents is 1. The van der Waals surface area contributed by atoms with Crippen LogP contribution in [0.2, 0.25) is 0 Å². The lowest BCUT2D eigenvalue weighted by molar-refractivity contribution is -0.385. The van der Waals surface area contributed by atoms with Crippen molar-refractivity contribution in [3.63, 3.8) is 0 Å². The van der Waals surface area contributed by atoms with Gasteiger partial charge in [-0.3, -0.25) is 24.6 Å². The molecule has 1 saturated heterocycles. The number of hydrogen-bond donors (Lipinski definition) is 1. The monoisotopic (exact) mass is 484 g/mol. The van der Waals surface area contributed by atoms with E-state index in [4.69, 9.17) is 0 Å². The lowest BCUT2D eigenvalue weighted by atomic mass is 10.1. The molecule has 3 aromatic rings. The van der Waals surface area contributed by atoms with E-state index in [0.29, 0.717) is 4.47 Å². The zero-order valence-electron chi connectivity index (χ0n) is 15.2. The first-order valence-electron chi connectivity index (χ1n) is 8.73. The van der Waals surface area contributed by atoms with E-state index in [1.165, 1.54) is 12.1 Å². The molecular weight excluding hydrogens is 472 g/mol. The summed E-state index contributed by atoms with van der Waals surface area (Å²) in [7, 11) is 0. The maximum Gasteiger partial charge on any atom is 0.312 e. The number of rotatable bonds is 4. The number of nitrogens with zero attached hydrogens (tertiary/aromatic N) is 2. The molecule has 1 fully saturated rings. The lowest BCUT2D eigenvalue weighted by Gasteiger charge is -2.13. The predicted octanol–water partition coefficient (Wildman–Crippen LogP) is 5.45. The number of fused-ring (bicyclic) bond motifs is 1. The van der Waals surface area contributed by atoms with Gasteiger partial charge in [0.05, 0.1) is 16.4 Å². The number of aromatic hydroxyl groups is 1. The van der Waals surface area contributed by atoms with Gasteiger partial charge in [-0.15, -0.1) is 0 Å². The van der Waals surface area contributed by atoms with Gasteiger partial charge in [0.2, 0.25) is 5.75 Å². The topological polar surface area (TPSA) is 101 Å². The Morgan fingerprint density at radius 1 is 1.10 bits per heavy atom. The van der Waals surface area contributed by atoms with Crippen molar-refractivity contribution < 1.29 is 19.6 Å². The molecule has 3 aromatic carbocycles. The molecule has 0 atom stereocenters. The van der Waals surface area contributed by atoms with Crippen molar-refractivity contribution in [3.05, 3.63) is 85.2 Å². The van der Waals surface area contributed by atoms with Crippen LogP contribution >= 0.6 is 27.7 Å². The van der Waals surface area contributed by atoms with Crippen LogP contribution in [0.25, 0.3) is 16.8 Å². The average molecular weight is 485 g/mol. The van der Waals surface area contributed by atoms with Gasteiger partial charge < -0.3 is 5.11 Å². The molecule has 4 rings (SSSR count). The van der Waals surface area contributed by atoms with Crippen LogP contribution in [0.3, 0.4) is 0 Å². The molecule has 0 radical (unpaired) electrons. The Kier molecular flexibility index (Phi) is 5.31. The molecule has 9 heteroatoms. The summed E-state index contributed by atoms with van der Waals surface area (Å²) in [4.78, 5) is 36.8. The van der Waals surface area contributed by atoms with Gasteiger partial charge in [-0.2, -0.15) is 0 Å². The number of amides is 2. The highest BCUT2D eigenvalue weighted by Crippen LogP contribution is 2.39.